The molecule has 10 aromatic rings. The molecule has 44 heavy (non-hydrogen) atoms. The average molecular weight is 567 g/mol. The van der Waals surface area contributed by atoms with E-state index < -0.39 is 0 Å². The predicted octanol–water partition coefficient (Wildman–Crippen LogP) is 11.4. The number of para-hydroxylation sites is 2. The number of benzene rings is 6. The van der Waals surface area contributed by atoms with E-state index in [1.807, 2.05) is 60.8 Å². The van der Waals surface area contributed by atoms with Crippen LogP contribution in [0, 0.1) is 0 Å². The van der Waals surface area contributed by atoms with E-state index in [1.165, 1.54) is 0 Å². The monoisotopic (exact) mass is 566 g/mol. The lowest BCUT2D eigenvalue weighted by Gasteiger charge is -2.25. The second-order valence-electron chi connectivity index (χ2n) is 11.2. The number of hydrogen-bond donors (Lipinski definition) is 0. The Morgan fingerprint density at radius 2 is 1.02 bits per heavy atom. The lowest BCUT2D eigenvalue weighted by molar-refractivity contribution is 0.657. The van der Waals surface area contributed by atoms with Gasteiger partial charge in [-0.15, -0.1) is 0 Å². The molecular weight excluding hydrogens is 544 g/mol. The Balaban J connectivity index is 1.23. The number of pyridine rings is 1. The van der Waals surface area contributed by atoms with Gasteiger partial charge >= 0.3 is 0 Å². The van der Waals surface area contributed by atoms with E-state index in [4.69, 9.17) is 18.2 Å². The summed E-state index contributed by atoms with van der Waals surface area (Å²) in [7, 11) is 0. The topological polar surface area (TPSA) is 55.6 Å². The minimum Gasteiger partial charge on any atom is -0.456 e. The van der Waals surface area contributed by atoms with E-state index in [-0.39, 0.29) is 0 Å². The van der Waals surface area contributed by atoms with E-state index >= 15 is 0 Å². The molecule has 0 aliphatic rings. The van der Waals surface area contributed by atoms with Crippen LogP contribution < -0.4 is 4.90 Å². The molecule has 206 valence electrons. The molecule has 6 aromatic carbocycles. The summed E-state index contributed by atoms with van der Waals surface area (Å²) >= 11 is 0. The van der Waals surface area contributed by atoms with Gasteiger partial charge in [0.1, 0.15) is 27.9 Å². The normalized spacial score (nSPS) is 12.1. The van der Waals surface area contributed by atoms with Gasteiger partial charge in [0.05, 0.1) is 17.3 Å². The summed E-state index contributed by atoms with van der Waals surface area (Å²) < 4.78 is 18.8. The molecule has 0 amide bonds. The quantitative estimate of drug-likeness (QED) is 0.213. The molecule has 10 rings (SSSR count). The van der Waals surface area contributed by atoms with Crippen molar-refractivity contribution in [2.24, 2.45) is 0 Å². The molecule has 0 aliphatic heterocycles. The van der Waals surface area contributed by atoms with Gasteiger partial charge in [-0.2, -0.15) is 0 Å². The second-order valence-corrected chi connectivity index (χ2v) is 11.2. The molecule has 0 fully saturated rings. The fourth-order valence-electron chi connectivity index (χ4n) is 6.65. The highest BCUT2D eigenvalue weighted by molar-refractivity contribution is 6.15. The Morgan fingerprint density at radius 1 is 0.409 bits per heavy atom. The number of aromatic nitrogens is 1. The van der Waals surface area contributed by atoms with E-state index in [2.05, 4.69) is 77.7 Å². The van der Waals surface area contributed by atoms with Gasteiger partial charge in [-0.3, -0.25) is 0 Å². The van der Waals surface area contributed by atoms with Crippen LogP contribution in [0.3, 0.4) is 0 Å². The maximum Gasteiger partial charge on any atom is 0.227 e. The van der Waals surface area contributed by atoms with Crippen molar-refractivity contribution in [3.8, 4) is 0 Å². The minimum atomic E-state index is 0.615. The third-order valence-electron chi connectivity index (χ3n) is 8.70. The van der Waals surface area contributed by atoms with Crippen LogP contribution in [0.1, 0.15) is 0 Å². The Kier molecular flexibility index (Phi) is 4.66. The van der Waals surface area contributed by atoms with Crippen molar-refractivity contribution in [1.82, 2.24) is 4.98 Å². The molecule has 0 bridgehead atoms. The molecule has 0 spiro atoms. The summed E-state index contributed by atoms with van der Waals surface area (Å²) in [5.74, 6) is 0. The predicted molar refractivity (Wildman–Crippen MR) is 178 cm³/mol. The highest BCUT2D eigenvalue weighted by Gasteiger charge is 2.20. The SMILES string of the molecule is c1ccc2c(c1)ccc1c3cc(N(c4ccc5c(c4)oc4ccccc45)c4ccc5oc6ccccc6c5c4)cnc3oc21. The molecule has 0 saturated heterocycles. The largest absolute Gasteiger partial charge is 0.456 e. The number of nitrogens with zero attached hydrogens (tertiary/aromatic N) is 2. The second kappa shape index (κ2) is 8.72. The standard InChI is InChI=1S/C39H22N2O3/c1-2-8-27-23(7-1)13-16-31-33-20-26(22-40-39(33)44-38(27)31)41(24-15-18-36-32(19-24)29-10-4-6-12-35(29)42-36)25-14-17-30-28-9-3-5-11-34(28)43-37(30)21-25/h1-22H. The molecule has 0 unspecified atom stereocenters. The van der Waals surface area contributed by atoms with Crippen molar-refractivity contribution in [2.45, 2.75) is 0 Å². The van der Waals surface area contributed by atoms with Crippen molar-refractivity contribution in [3.05, 3.63) is 134 Å². The van der Waals surface area contributed by atoms with Gasteiger partial charge in [0.25, 0.3) is 0 Å². The third-order valence-corrected chi connectivity index (χ3v) is 8.70. The molecule has 4 aromatic heterocycles. The first-order valence-corrected chi connectivity index (χ1v) is 14.6. The summed E-state index contributed by atoms with van der Waals surface area (Å²) in [6, 6.07) is 43.8. The first-order chi connectivity index (χ1) is 21.8. The Hall–Kier alpha value is -6.07. The molecular formula is C39H22N2O3. The van der Waals surface area contributed by atoms with Crippen molar-refractivity contribution < 1.29 is 13.3 Å². The van der Waals surface area contributed by atoms with Crippen LogP contribution in [0.25, 0.3) is 76.7 Å². The van der Waals surface area contributed by atoms with Crippen molar-refractivity contribution in [2.75, 3.05) is 4.90 Å². The summed E-state index contributed by atoms with van der Waals surface area (Å²) in [5, 5.41) is 8.55. The van der Waals surface area contributed by atoms with Crippen molar-refractivity contribution in [1.29, 1.82) is 0 Å². The van der Waals surface area contributed by atoms with Crippen LogP contribution in [-0.4, -0.2) is 4.98 Å². The zero-order chi connectivity index (χ0) is 28.8. The van der Waals surface area contributed by atoms with Crippen molar-refractivity contribution in [3.63, 3.8) is 0 Å². The maximum absolute atomic E-state index is 6.34. The van der Waals surface area contributed by atoms with Gasteiger partial charge in [-0.05, 0) is 60.0 Å². The molecule has 4 heterocycles. The molecule has 0 N–H and O–H groups in total. The fraction of sp³-hybridized carbons (Fsp3) is 0. The van der Waals surface area contributed by atoms with Gasteiger partial charge < -0.3 is 18.2 Å². The summed E-state index contributed by atoms with van der Waals surface area (Å²) in [4.78, 5) is 7.07. The number of fused-ring (bicyclic) bond motifs is 11. The van der Waals surface area contributed by atoms with E-state index in [9.17, 15) is 0 Å². The van der Waals surface area contributed by atoms with E-state index in [0.29, 0.717) is 5.71 Å². The summed E-state index contributed by atoms with van der Waals surface area (Å²) in [6.07, 6.45) is 1.88. The Labute approximate surface area is 250 Å². The molecule has 0 radical (unpaired) electrons. The smallest absolute Gasteiger partial charge is 0.227 e. The van der Waals surface area contributed by atoms with Gasteiger partial charge in [0, 0.05) is 49.8 Å². The third kappa shape index (κ3) is 3.32. The zero-order valence-electron chi connectivity index (χ0n) is 23.3. The van der Waals surface area contributed by atoms with Gasteiger partial charge in [0.15, 0.2) is 0 Å². The molecule has 5 heteroatoms. The molecule has 0 saturated carbocycles. The fourth-order valence-corrected chi connectivity index (χ4v) is 6.65. The van der Waals surface area contributed by atoms with Crippen molar-refractivity contribution >= 4 is 93.8 Å². The number of hydrogen-bond acceptors (Lipinski definition) is 5. The van der Waals surface area contributed by atoms with E-state index in [1.54, 1.807) is 0 Å². The van der Waals surface area contributed by atoms with E-state index in [0.717, 1.165) is 88.1 Å². The van der Waals surface area contributed by atoms with Gasteiger partial charge in [0.2, 0.25) is 5.71 Å². The Bertz CT molecular complexity index is 2750. The first kappa shape index (κ1) is 23.5. The van der Waals surface area contributed by atoms with Crippen LogP contribution in [0.4, 0.5) is 17.1 Å². The van der Waals surface area contributed by atoms with Crippen LogP contribution >= 0.6 is 0 Å². The number of furan rings is 3. The molecule has 0 atom stereocenters. The van der Waals surface area contributed by atoms with Crippen LogP contribution in [0.15, 0.2) is 147 Å². The Morgan fingerprint density at radius 3 is 1.89 bits per heavy atom. The van der Waals surface area contributed by atoms with Crippen LogP contribution in [0.5, 0.6) is 0 Å². The summed E-state index contributed by atoms with van der Waals surface area (Å²) in [6.45, 7) is 0. The molecule has 5 nitrogen and oxygen atoms in total. The molecule has 0 aliphatic carbocycles. The lowest BCUT2D eigenvalue weighted by atomic mass is 10.1. The lowest BCUT2D eigenvalue weighted by Crippen LogP contribution is -2.10. The highest BCUT2D eigenvalue weighted by atomic mass is 16.3. The number of rotatable bonds is 3. The van der Waals surface area contributed by atoms with Gasteiger partial charge in [-0.25, -0.2) is 4.98 Å². The zero-order valence-corrected chi connectivity index (χ0v) is 23.3. The average Bonchev–Trinajstić information content (AvgIpc) is 3.75. The number of anilines is 3. The first-order valence-electron chi connectivity index (χ1n) is 14.6. The van der Waals surface area contributed by atoms with Gasteiger partial charge in [-0.1, -0.05) is 66.7 Å². The maximum atomic E-state index is 6.34. The summed E-state index contributed by atoms with van der Waals surface area (Å²) in [5.41, 5.74) is 7.75. The minimum absolute atomic E-state index is 0.615. The highest BCUT2D eigenvalue weighted by Crippen LogP contribution is 2.42. The van der Waals surface area contributed by atoms with Crippen LogP contribution in [-0.2, 0) is 0 Å². The van der Waals surface area contributed by atoms with Crippen LogP contribution in [0.2, 0.25) is 0 Å².